The van der Waals surface area contributed by atoms with E-state index in [9.17, 15) is 0 Å². The minimum atomic E-state index is 0.576. The molecule has 0 aromatic carbocycles. The van der Waals surface area contributed by atoms with E-state index in [1.807, 2.05) is 11.3 Å². The Morgan fingerprint density at radius 1 is 1.53 bits per heavy atom. The van der Waals surface area contributed by atoms with Crippen molar-refractivity contribution in [3.05, 3.63) is 16.1 Å². The van der Waals surface area contributed by atoms with Crippen LogP contribution in [0.25, 0.3) is 0 Å². The summed E-state index contributed by atoms with van der Waals surface area (Å²) < 4.78 is 0. The smallest absolute Gasteiger partial charge is 0.107 e. The van der Waals surface area contributed by atoms with E-state index in [2.05, 4.69) is 36.4 Å². The van der Waals surface area contributed by atoms with Crippen molar-refractivity contribution in [2.75, 3.05) is 6.54 Å². The van der Waals surface area contributed by atoms with Crippen LogP contribution in [-0.2, 0) is 13.1 Å². The lowest BCUT2D eigenvalue weighted by molar-refractivity contribution is 0.152. The molecule has 1 saturated heterocycles. The van der Waals surface area contributed by atoms with Crippen molar-refractivity contribution in [2.45, 2.75) is 71.6 Å². The molecule has 2 unspecified atom stereocenters. The molecular weight excluding hydrogens is 254 g/mol. The second-order valence-electron chi connectivity index (χ2n) is 5.74. The van der Waals surface area contributed by atoms with E-state index in [1.54, 1.807) is 0 Å². The van der Waals surface area contributed by atoms with Crippen LogP contribution < -0.4 is 5.32 Å². The van der Waals surface area contributed by atoms with Crippen LogP contribution in [0.4, 0.5) is 0 Å². The molecule has 2 atom stereocenters. The molecule has 2 heterocycles. The van der Waals surface area contributed by atoms with Gasteiger partial charge in [0, 0.05) is 24.0 Å². The van der Waals surface area contributed by atoms with Gasteiger partial charge in [-0.15, -0.1) is 11.3 Å². The minimum Gasteiger partial charge on any atom is -0.309 e. The van der Waals surface area contributed by atoms with Crippen LogP contribution in [-0.4, -0.2) is 28.5 Å². The summed E-state index contributed by atoms with van der Waals surface area (Å²) in [6.45, 7) is 9.96. The van der Waals surface area contributed by atoms with Crippen LogP contribution in [0, 0.1) is 0 Å². The third-order valence-electron chi connectivity index (χ3n) is 4.12. The minimum absolute atomic E-state index is 0.576. The van der Waals surface area contributed by atoms with Crippen molar-refractivity contribution in [1.29, 1.82) is 0 Å². The normalized spacial score (nSPS) is 22.6. The third kappa shape index (κ3) is 4.55. The number of hydrogen-bond acceptors (Lipinski definition) is 4. The molecule has 0 bridgehead atoms. The third-order valence-corrected chi connectivity index (χ3v) is 5.00. The van der Waals surface area contributed by atoms with Crippen molar-refractivity contribution in [3.63, 3.8) is 0 Å². The Morgan fingerprint density at radius 2 is 2.37 bits per heavy atom. The fourth-order valence-electron chi connectivity index (χ4n) is 2.49. The number of hydrogen-bond donors (Lipinski definition) is 1. The van der Waals surface area contributed by atoms with Gasteiger partial charge in [0.15, 0.2) is 0 Å². The Labute approximate surface area is 121 Å². The Balaban J connectivity index is 1.83. The quantitative estimate of drug-likeness (QED) is 0.866. The SMILES string of the molecule is CCC(C)NCc1csc(CN2CCCCC2C)n1. The van der Waals surface area contributed by atoms with Crippen LogP contribution in [0.15, 0.2) is 5.38 Å². The number of nitrogens with one attached hydrogen (secondary N) is 1. The first-order valence-corrected chi connectivity index (χ1v) is 8.47. The van der Waals surface area contributed by atoms with E-state index in [-0.39, 0.29) is 0 Å². The highest BCUT2D eigenvalue weighted by molar-refractivity contribution is 7.09. The van der Waals surface area contributed by atoms with Crippen molar-refractivity contribution in [2.24, 2.45) is 0 Å². The van der Waals surface area contributed by atoms with E-state index < -0.39 is 0 Å². The van der Waals surface area contributed by atoms with Crippen LogP contribution in [0.1, 0.15) is 57.2 Å². The fourth-order valence-corrected chi connectivity index (χ4v) is 3.31. The number of likely N-dealkylation sites (tertiary alicyclic amines) is 1. The first-order valence-electron chi connectivity index (χ1n) is 7.59. The lowest BCUT2D eigenvalue weighted by atomic mass is 10.0. The van der Waals surface area contributed by atoms with Crippen LogP contribution in [0.2, 0.25) is 0 Å². The second kappa shape index (κ2) is 7.36. The number of rotatable bonds is 6. The van der Waals surface area contributed by atoms with E-state index >= 15 is 0 Å². The topological polar surface area (TPSA) is 28.2 Å². The lowest BCUT2D eigenvalue weighted by Gasteiger charge is -2.32. The molecule has 0 spiro atoms. The molecule has 1 aliphatic heterocycles. The second-order valence-corrected chi connectivity index (χ2v) is 6.68. The van der Waals surface area contributed by atoms with Gasteiger partial charge in [-0.3, -0.25) is 4.90 Å². The molecule has 0 amide bonds. The van der Waals surface area contributed by atoms with E-state index in [0.717, 1.165) is 19.1 Å². The first kappa shape index (κ1) is 14.9. The average molecular weight is 281 g/mol. The van der Waals surface area contributed by atoms with Crippen molar-refractivity contribution in [3.8, 4) is 0 Å². The molecule has 1 aromatic heterocycles. The highest BCUT2D eigenvalue weighted by Gasteiger charge is 2.19. The van der Waals surface area contributed by atoms with Gasteiger partial charge in [0.25, 0.3) is 0 Å². The Morgan fingerprint density at radius 3 is 3.11 bits per heavy atom. The van der Waals surface area contributed by atoms with Gasteiger partial charge < -0.3 is 5.32 Å². The maximum Gasteiger partial charge on any atom is 0.107 e. The molecule has 2 rings (SSSR count). The highest BCUT2D eigenvalue weighted by Crippen LogP contribution is 2.20. The first-order chi connectivity index (χ1) is 9.19. The maximum atomic E-state index is 4.76. The summed E-state index contributed by atoms with van der Waals surface area (Å²) in [6.07, 6.45) is 5.24. The van der Waals surface area contributed by atoms with E-state index in [4.69, 9.17) is 4.98 Å². The zero-order chi connectivity index (χ0) is 13.7. The average Bonchev–Trinajstić information content (AvgIpc) is 2.86. The molecule has 3 nitrogen and oxygen atoms in total. The number of aromatic nitrogens is 1. The summed E-state index contributed by atoms with van der Waals surface area (Å²) in [5, 5.41) is 6.99. The molecule has 108 valence electrons. The van der Waals surface area contributed by atoms with Gasteiger partial charge in [-0.1, -0.05) is 13.3 Å². The van der Waals surface area contributed by atoms with Gasteiger partial charge in [0.2, 0.25) is 0 Å². The molecule has 0 saturated carbocycles. The summed E-state index contributed by atoms with van der Waals surface area (Å²) >= 11 is 1.81. The summed E-state index contributed by atoms with van der Waals surface area (Å²) in [5.74, 6) is 0. The van der Waals surface area contributed by atoms with E-state index in [0.29, 0.717) is 6.04 Å². The van der Waals surface area contributed by atoms with Gasteiger partial charge >= 0.3 is 0 Å². The standard InChI is InChI=1S/C15H27N3S/c1-4-12(2)16-9-14-11-19-15(17-14)10-18-8-6-5-7-13(18)3/h11-13,16H,4-10H2,1-3H3. The fraction of sp³-hybridized carbons (Fsp3) is 0.800. The molecule has 1 N–H and O–H groups in total. The number of piperidine rings is 1. The number of nitrogens with zero attached hydrogens (tertiary/aromatic N) is 2. The molecule has 1 aliphatic rings. The Kier molecular flexibility index (Phi) is 5.79. The largest absolute Gasteiger partial charge is 0.309 e. The predicted molar refractivity (Wildman–Crippen MR) is 82.4 cm³/mol. The van der Waals surface area contributed by atoms with Crippen molar-refractivity contribution < 1.29 is 0 Å². The van der Waals surface area contributed by atoms with Crippen molar-refractivity contribution in [1.82, 2.24) is 15.2 Å². The maximum absolute atomic E-state index is 4.76. The highest BCUT2D eigenvalue weighted by atomic mass is 32.1. The summed E-state index contributed by atoms with van der Waals surface area (Å²) in [6, 6.07) is 1.30. The lowest BCUT2D eigenvalue weighted by Crippen LogP contribution is -2.36. The molecule has 0 aliphatic carbocycles. The Bertz CT molecular complexity index is 377. The zero-order valence-electron chi connectivity index (χ0n) is 12.5. The summed E-state index contributed by atoms with van der Waals surface area (Å²) in [4.78, 5) is 7.34. The van der Waals surface area contributed by atoms with Gasteiger partial charge in [0.05, 0.1) is 12.2 Å². The van der Waals surface area contributed by atoms with Crippen molar-refractivity contribution >= 4 is 11.3 Å². The molecule has 19 heavy (non-hydrogen) atoms. The van der Waals surface area contributed by atoms with Crippen LogP contribution in [0.5, 0.6) is 0 Å². The number of thiazole rings is 1. The predicted octanol–water partition coefficient (Wildman–Crippen LogP) is 3.41. The van der Waals surface area contributed by atoms with Gasteiger partial charge in [0.1, 0.15) is 5.01 Å². The zero-order valence-corrected chi connectivity index (χ0v) is 13.3. The monoisotopic (exact) mass is 281 g/mol. The Hall–Kier alpha value is -0.450. The molecular formula is C15H27N3S. The van der Waals surface area contributed by atoms with Gasteiger partial charge in [-0.2, -0.15) is 0 Å². The van der Waals surface area contributed by atoms with Crippen LogP contribution >= 0.6 is 11.3 Å². The molecule has 0 radical (unpaired) electrons. The van der Waals surface area contributed by atoms with Gasteiger partial charge in [-0.25, -0.2) is 4.98 Å². The molecule has 4 heteroatoms. The van der Waals surface area contributed by atoms with Crippen LogP contribution in [0.3, 0.4) is 0 Å². The molecule has 1 fully saturated rings. The molecule has 1 aromatic rings. The van der Waals surface area contributed by atoms with Gasteiger partial charge in [-0.05, 0) is 39.7 Å². The van der Waals surface area contributed by atoms with E-state index in [1.165, 1.54) is 42.9 Å². The summed E-state index contributed by atoms with van der Waals surface area (Å²) in [7, 11) is 0. The summed E-state index contributed by atoms with van der Waals surface area (Å²) in [5.41, 5.74) is 1.20.